The van der Waals surface area contributed by atoms with Crippen molar-refractivity contribution in [2.24, 2.45) is 11.7 Å². The Bertz CT molecular complexity index is 1170. The van der Waals surface area contributed by atoms with Crippen molar-refractivity contribution in [2.45, 2.75) is 90.9 Å². The van der Waals surface area contributed by atoms with Crippen LogP contribution in [0.3, 0.4) is 0 Å². The molecule has 1 heterocycles. The Hall–Kier alpha value is -3.25. The first kappa shape index (κ1) is 34.0. The number of allylic oxidation sites excluding steroid dienone is 2. The van der Waals surface area contributed by atoms with Gasteiger partial charge in [0.15, 0.2) is 0 Å². The smallest absolute Gasteiger partial charge is 0.243 e. The molecule has 1 aromatic carbocycles. The summed E-state index contributed by atoms with van der Waals surface area (Å²) in [5, 5.41) is 8.45. The number of nitrogens with zero attached hydrogens (tertiary/aromatic N) is 1. The lowest BCUT2D eigenvalue weighted by atomic mass is 10.0. The highest BCUT2D eigenvalue weighted by molar-refractivity contribution is 7.18. The summed E-state index contributed by atoms with van der Waals surface area (Å²) in [4.78, 5) is 42.8. The Kier molecular flexibility index (Phi) is 14.5. The van der Waals surface area contributed by atoms with Crippen molar-refractivity contribution in [1.29, 1.82) is 0 Å². The van der Waals surface area contributed by atoms with Gasteiger partial charge >= 0.3 is 0 Å². The first-order valence-corrected chi connectivity index (χ1v) is 15.3. The van der Waals surface area contributed by atoms with Gasteiger partial charge in [0.05, 0.1) is 5.69 Å². The predicted molar refractivity (Wildman–Crippen MR) is 170 cm³/mol. The molecule has 8 nitrogen and oxygen atoms in total. The quantitative estimate of drug-likeness (QED) is 0.174. The van der Waals surface area contributed by atoms with Crippen LogP contribution in [0.4, 0.5) is 0 Å². The summed E-state index contributed by atoms with van der Waals surface area (Å²) in [6, 6.07) is 10.8. The Morgan fingerprint density at radius 3 is 2.41 bits per heavy atom. The highest BCUT2D eigenvalue weighted by Gasteiger charge is 2.26. The van der Waals surface area contributed by atoms with Crippen molar-refractivity contribution < 1.29 is 14.4 Å². The van der Waals surface area contributed by atoms with E-state index in [0.717, 1.165) is 48.2 Å². The summed E-state index contributed by atoms with van der Waals surface area (Å²) in [6.07, 6.45) is 8.00. The van der Waals surface area contributed by atoms with E-state index in [-0.39, 0.29) is 35.7 Å². The third-order valence-electron chi connectivity index (χ3n) is 6.97. The molecular formula is C32H48N5O3P. The SMILES string of the molecule is CC/C=C(\N)C(P)CCCNC(=O)C(C)NC(=O)C(NC(=O)CCc1ccc(-c2cccc(CC)c2)nc1)C(C)C. The molecule has 4 atom stereocenters. The van der Waals surface area contributed by atoms with E-state index in [1.54, 1.807) is 13.1 Å². The van der Waals surface area contributed by atoms with Crippen molar-refractivity contribution in [3.05, 3.63) is 65.5 Å². The Morgan fingerprint density at radius 1 is 1.02 bits per heavy atom. The highest BCUT2D eigenvalue weighted by atomic mass is 31.0. The van der Waals surface area contributed by atoms with Crippen molar-refractivity contribution in [3.8, 4) is 11.3 Å². The van der Waals surface area contributed by atoms with E-state index in [1.807, 2.05) is 51.1 Å². The zero-order valence-electron chi connectivity index (χ0n) is 25.2. The number of benzene rings is 1. The van der Waals surface area contributed by atoms with Gasteiger partial charge in [-0.15, -0.1) is 9.24 Å². The summed E-state index contributed by atoms with van der Waals surface area (Å²) in [6.45, 7) is 10.0. The van der Waals surface area contributed by atoms with Crippen LogP contribution in [0, 0.1) is 5.92 Å². The van der Waals surface area contributed by atoms with Crippen molar-refractivity contribution in [1.82, 2.24) is 20.9 Å². The van der Waals surface area contributed by atoms with Crippen LogP contribution in [0.25, 0.3) is 11.3 Å². The van der Waals surface area contributed by atoms with Crippen LogP contribution in [0.2, 0.25) is 0 Å². The van der Waals surface area contributed by atoms with Gasteiger partial charge in [0, 0.05) is 36.1 Å². The van der Waals surface area contributed by atoms with Crippen LogP contribution in [0.1, 0.15) is 71.4 Å². The molecule has 0 radical (unpaired) electrons. The number of nitrogens with one attached hydrogen (secondary N) is 3. The number of aryl methyl sites for hydroxylation is 2. The lowest BCUT2D eigenvalue weighted by Gasteiger charge is -2.24. The molecule has 5 N–H and O–H groups in total. The Labute approximate surface area is 247 Å². The number of aromatic nitrogens is 1. The van der Waals surface area contributed by atoms with Gasteiger partial charge in [0.2, 0.25) is 17.7 Å². The molecule has 0 saturated heterocycles. The summed E-state index contributed by atoms with van der Waals surface area (Å²) < 4.78 is 0. The number of carbonyl (C=O) groups is 3. The van der Waals surface area contributed by atoms with Gasteiger partial charge in [-0.2, -0.15) is 0 Å². The molecule has 3 amide bonds. The number of amides is 3. The minimum absolute atomic E-state index is 0.144. The van der Waals surface area contributed by atoms with Crippen LogP contribution in [0.15, 0.2) is 54.4 Å². The lowest BCUT2D eigenvalue weighted by Crippen LogP contribution is -2.54. The van der Waals surface area contributed by atoms with Crippen LogP contribution in [0.5, 0.6) is 0 Å². The number of hydrogen-bond acceptors (Lipinski definition) is 5. The minimum atomic E-state index is -0.740. The highest BCUT2D eigenvalue weighted by Crippen LogP contribution is 2.19. The average molecular weight is 582 g/mol. The fraction of sp³-hybridized carbons (Fsp3) is 0.500. The second kappa shape index (κ2) is 17.5. The monoisotopic (exact) mass is 581 g/mol. The van der Waals surface area contributed by atoms with Crippen LogP contribution >= 0.6 is 9.24 Å². The lowest BCUT2D eigenvalue weighted by molar-refractivity contribution is -0.132. The molecule has 0 fully saturated rings. The molecule has 2 aromatic rings. The molecule has 9 heteroatoms. The minimum Gasteiger partial charge on any atom is -0.402 e. The standard InChI is InChI=1S/C32H48N5O3P/c1-6-10-26(33)28(41)13-9-18-34-31(39)22(5)36-32(40)30(21(3)4)37-29(38)17-15-24-14-16-27(35-20-24)25-12-8-11-23(7-2)19-25/h8,10-12,14,16,19-22,28,30H,6-7,9,13,15,17-18,33,41H2,1-5H3,(H,34,39)(H,36,40)(H,37,38)/b26-10-. The Balaban J connectivity index is 1.81. The molecule has 0 aliphatic heterocycles. The molecular weight excluding hydrogens is 533 g/mol. The number of rotatable bonds is 16. The summed E-state index contributed by atoms with van der Waals surface area (Å²) in [5.41, 5.74) is 11.2. The molecule has 0 aliphatic carbocycles. The maximum atomic E-state index is 12.9. The fourth-order valence-electron chi connectivity index (χ4n) is 4.34. The van der Waals surface area contributed by atoms with E-state index >= 15 is 0 Å². The number of carbonyl (C=O) groups excluding carboxylic acids is 3. The number of hydrogen-bond donors (Lipinski definition) is 4. The van der Waals surface area contributed by atoms with Gasteiger partial charge in [0.1, 0.15) is 12.1 Å². The largest absolute Gasteiger partial charge is 0.402 e. The zero-order valence-corrected chi connectivity index (χ0v) is 26.4. The molecule has 0 aliphatic rings. The average Bonchev–Trinajstić information content (AvgIpc) is 2.96. The number of pyridine rings is 1. The molecule has 0 spiro atoms. The normalized spacial score (nSPS) is 13.8. The maximum absolute atomic E-state index is 12.9. The van der Waals surface area contributed by atoms with E-state index in [2.05, 4.69) is 49.2 Å². The second-order valence-electron chi connectivity index (χ2n) is 10.8. The zero-order chi connectivity index (χ0) is 30.4. The first-order chi connectivity index (χ1) is 19.5. The van der Waals surface area contributed by atoms with Gasteiger partial charge in [-0.3, -0.25) is 19.4 Å². The second-order valence-corrected chi connectivity index (χ2v) is 11.6. The van der Waals surface area contributed by atoms with Crippen LogP contribution in [-0.4, -0.2) is 47.0 Å². The van der Waals surface area contributed by atoms with Crippen molar-refractivity contribution in [3.63, 3.8) is 0 Å². The molecule has 4 unspecified atom stereocenters. The number of nitrogens with two attached hydrogens (primary N) is 1. The van der Waals surface area contributed by atoms with Gasteiger partial charge in [-0.05, 0) is 68.2 Å². The summed E-state index contributed by atoms with van der Waals surface area (Å²) in [5.74, 6) is -1.01. The van der Waals surface area contributed by atoms with Crippen LogP contribution in [-0.2, 0) is 27.2 Å². The van der Waals surface area contributed by atoms with Gasteiger partial charge < -0.3 is 21.7 Å². The predicted octanol–water partition coefficient (Wildman–Crippen LogP) is 4.28. The summed E-state index contributed by atoms with van der Waals surface area (Å²) in [7, 11) is 2.74. The molecule has 224 valence electrons. The summed E-state index contributed by atoms with van der Waals surface area (Å²) >= 11 is 0. The van der Waals surface area contributed by atoms with Gasteiger partial charge in [-0.25, -0.2) is 0 Å². The van der Waals surface area contributed by atoms with E-state index in [1.165, 1.54) is 5.56 Å². The van der Waals surface area contributed by atoms with Crippen LogP contribution < -0.4 is 21.7 Å². The molecule has 2 rings (SSSR count). The Morgan fingerprint density at radius 2 is 1.78 bits per heavy atom. The van der Waals surface area contributed by atoms with E-state index in [0.29, 0.717) is 13.0 Å². The molecule has 1 aromatic heterocycles. The topological polar surface area (TPSA) is 126 Å². The fourth-order valence-corrected chi connectivity index (χ4v) is 4.71. The third-order valence-corrected chi connectivity index (χ3v) is 7.69. The van der Waals surface area contributed by atoms with Gasteiger partial charge in [0.25, 0.3) is 0 Å². The molecule has 41 heavy (non-hydrogen) atoms. The van der Waals surface area contributed by atoms with Gasteiger partial charge in [-0.1, -0.05) is 58.0 Å². The maximum Gasteiger partial charge on any atom is 0.243 e. The molecule has 0 saturated carbocycles. The van der Waals surface area contributed by atoms with E-state index < -0.39 is 12.1 Å². The molecule has 0 bridgehead atoms. The first-order valence-electron chi connectivity index (χ1n) is 14.7. The van der Waals surface area contributed by atoms with Crippen molar-refractivity contribution >= 4 is 27.0 Å². The van der Waals surface area contributed by atoms with E-state index in [4.69, 9.17) is 5.73 Å². The van der Waals surface area contributed by atoms with Crippen molar-refractivity contribution in [2.75, 3.05) is 6.54 Å². The van der Waals surface area contributed by atoms with E-state index in [9.17, 15) is 14.4 Å². The third kappa shape index (κ3) is 11.6.